The van der Waals surface area contributed by atoms with Crippen molar-refractivity contribution in [3.8, 4) is 0 Å². The Labute approximate surface area is 100 Å². The van der Waals surface area contributed by atoms with Crippen LogP contribution in [-0.4, -0.2) is 11.9 Å². The zero-order chi connectivity index (χ0) is 10.6. The van der Waals surface area contributed by atoms with Crippen LogP contribution in [0.1, 0.15) is 23.6 Å². The van der Waals surface area contributed by atoms with Gasteiger partial charge in [-0.2, -0.15) is 0 Å². The van der Waals surface area contributed by atoms with Crippen molar-refractivity contribution in [1.29, 1.82) is 0 Å². The zero-order valence-corrected chi connectivity index (χ0v) is 10.6. The number of hydrogen-bond donors (Lipinski definition) is 2. The maximum Gasteiger partial charge on any atom is 0.236 e. The number of carbonyl (C=O) groups excluding carboxylic acids is 1. The molecule has 3 N–H and O–H groups in total. The Balaban J connectivity index is 0.00000196. The third-order valence-corrected chi connectivity index (χ3v) is 3.15. The molecule has 1 aromatic heterocycles. The lowest BCUT2D eigenvalue weighted by atomic mass is 10.3. The lowest BCUT2D eigenvalue weighted by molar-refractivity contribution is -0.122. The Morgan fingerprint density at radius 2 is 2.13 bits per heavy atom. The van der Waals surface area contributed by atoms with Crippen molar-refractivity contribution in [1.82, 2.24) is 5.32 Å². The summed E-state index contributed by atoms with van der Waals surface area (Å²) >= 11 is 1.73. The fraction of sp³-hybridized carbons (Fsp3) is 0.500. The van der Waals surface area contributed by atoms with E-state index >= 15 is 0 Å². The molecule has 0 spiro atoms. The molecule has 1 atom stereocenters. The van der Waals surface area contributed by atoms with Crippen LogP contribution in [-0.2, 0) is 17.8 Å². The molecule has 3 nitrogen and oxygen atoms in total. The maximum atomic E-state index is 11.2. The van der Waals surface area contributed by atoms with Gasteiger partial charge < -0.3 is 11.1 Å². The second kappa shape index (κ2) is 6.82. The van der Waals surface area contributed by atoms with Gasteiger partial charge in [0.05, 0.1) is 12.6 Å². The van der Waals surface area contributed by atoms with Gasteiger partial charge in [0.2, 0.25) is 5.91 Å². The van der Waals surface area contributed by atoms with Gasteiger partial charge in [-0.1, -0.05) is 6.92 Å². The largest absolute Gasteiger partial charge is 0.350 e. The highest BCUT2D eigenvalue weighted by molar-refractivity contribution is 7.11. The second-order valence-corrected chi connectivity index (χ2v) is 4.48. The summed E-state index contributed by atoms with van der Waals surface area (Å²) in [5.41, 5.74) is 5.42. The maximum absolute atomic E-state index is 11.2. The van der Waals surface area contributed by atoms with Gasteiger partial charge in [0.25, 0.3) is 0 Å². The van der Waals surface area contributed by atoms with E-state index in [0.29, 0.717) is 6.54 Å². The number of hydrogen-bond acceptors (Lipinski definition) is 3. The number of aryl methyl sites for hydroxylation is 1. The first-order valence-corrected chi connectivity index (χ1v) is 5.56. The Morgan fingerprint density at radius 1 is 1.53 bits per heavy atom. The first-order chi connectivity index (χ1) is 6.63. The highest BCUT2D eigenvalue weighted by Crippen LogP contribution is 2.16. The lowest BCUT2D eigenvalue weighted by Crippen LogP contribution is -2.37. The average molecular weight is 249 g/mol. The van der Waals surface area contributed by atoms with Crippen LogP contribution in [0.25, 0.3) is 0 Å². The van der Waals surface area contributed by atoms with E-state index in [4.69, 9.17) is 5.73 Å². The van der Waals surface area contributed by atoms with Gasteiger partial charge in [-0.3, -0.25) is 4.79 Å². The number of rotatable bonds is 4. The minimum atomic E-state index is -0.430. The number of carbonyl (C=O) groups is 1. The number of halogens is 1. The molecule has 1 rings (SSSR count). The highest BCUT2D eigenvalue weighted by atomic mass is 35.5. The van der Waals surface area contributed by atoms with Gasteiger partial charge in [0, 0.05) is 9.75 Å². The Hall–Kier alpha value is -0.580. The van der Waals surface area contributed by atoms with E-state index in [-0.39, 0.29) is 18.3 Å². The third kappa shape index (κ3) is 4.64. The van der Waals surface area contributed by atoms with Gasteiger partial charge in [-0.15, -0.1) is 23.7 Å². The molecule has 0 aromatic carbocycles. The molecule has 0 aliphatic heterocycles. The van der Waals surface area contributed by atoms with E-state index in [2.05, 4.69) is 18.3 Å². The Bertz CT molecular complexity index is 312. The van der Waals surface area contributed by atoms with Crippen molar-refractivity contribution in [3.63, 3.8) is 0 Å². The molecule has 0 fully saturated rings. The zero-order valence-electron chi connectivity index (χ0n) is 8.95. The molecular weight excluding hydrogens is 232 g/mol. The van der Waals surface area contributed by atoms with Crippen LogP contribution in [0.4, 0.5) is 0 Å². The molecule has 1 heterocycles. The smallest absolute Gasteiger partial charge is 0.236 e. The summed E-state index contributed by atoms with van der Waals surface area (Å²) in [4.78, 5) is 13.7. The molecule has 0 radical (unpaired) electrons. The third-order valence-electron chi connectivity index (χ3n) is 1.92. The molecule has 0 aliphatic rings. The Morgan fingerprint density at radius 3 is 2.60 bits per heavy atom. The van der Waals surface area contributed by atoms with Crippen molar-refractivity contribution >= 4 is 29.7 Å². The molecule has 1 amide bonds. The van der Waals surface area contributed by atoms with Crippen molar-refractivity contribution in [2.45, 2.75) is 32.9 Å². The van der Waals surface area contributed by atoms with E-state index in [1.807, 2.05) is 6.07 Å². The summed E-state index contributed by atoms with van der Waals surface area (Å²) in [5, 5.41) is 2.78. The van der Waals surface area contributed by atoms with Crippen molar-refractivity contribution in [2.24, 2.45) is 5.73 Å². The molecule has 0 saturated carbocycles. The molecule has 15 heavy (non-hydrogen) atoms. The van der Waals surface area contributed by atoms with Crippen LogP contribution in [0, 0.1) is 0 Å². The van der Waals surface area contributed by atoms with Crippen LogP contribution in [0.3, 0.4) is 0 Å². The van der Waals surface area contributed by atoms with E-state index in [1.165, 1.54) is 9.75 Å². The molecule has 0 bridgehead atoms. The van der Waals surface area contributed by atoms with E-state index in [0.717, 1.165) is 6.42 Å². The topological polar surface area (TPSA) is 55.1 Å². The fourth-order valence-electron chi connectivity index (χ4n) is 1.04. The molecule has 1 unspecified atom stereocenters. The molecular formula is C10H17ClN2OS. The lowest BCUT2D eigenvalue weighted by Gasteiger charge is -2.05. The highest BCUT2D eigenvalue weighted by Gasteiger charge is 2.06. The summed E-state index contributed by atoms with van der Waals surface area (Å²) in [5.74, 6) is -0.101. The van der Waals surface area contributed by atoms with Crippen LogP contribution in [0.2, 0.25) is 0 Å². The monoisotopic (exact) mass is 248 g/mol. The first kappa shape index (κ1) is 14.4. The summed E-state index contributed by atoms with van der Waals surface area (Å²) in [6, 6.07) is 3.71. The molecule has 1 aromatic rings. The van der Waals surface area contributed by atoms with Gasteiger partial charge in [0.15, 0.2) is 0 Å². The first-order valence-electron chi connectivity index (χ1n) is 4.74. The van der Waals surface area contributed by atoms with Gasteiger partial charge >= 0.3 is 0 Å². The number of amides is 1. The van der Waals surface area contributed by atoms with E-state index < -0.39 is 6.04 Å². The number of thiophene rings is 1. The molecule has 5 heteroatoms. The summed E-state index contributed by atoms with van der Waals surface area (Å²) < 4.78 is 0. The van der Waals surface area contributed by atoms with Crippen LogP contribution < -0.4 is 11.1 Å². The molecule has 86 valence electrons. The predicted octanol–water partition coefficient (Wildman–Crippen LogP) is 1.70. The minimum absolute atomic E-state index is 0. The summed E-state index contributed by atoms with van der Waals surface area (Å²) in [6.45, 7) is 4.39. The van der Waals surface area contributed by atoms with Gasteiger partial charge in [-0.25, -0.2) is 0 Å². The normalized spacial score (nSPS) is 11.7. The van der Waals surface area contributed by atoms with E-state index in [9.17, 15) is 4.79 Å². The molecule has 0 aliphatic carbocycles. The van der Waals surface area contributed by atoms with Crippen molar-refractivity contribution in [2.75, 3.05) is 0 Å². The SMILES string of the molecule is CCc1ccc(CNC(=O)C(C)N)s1.Cl. The standard InChI is InChI=1S/C10H16N2OS.ClH/c1-3-8-4-5-9(14-8)6-12-10(13)7(2)11;/h4-5,7H,3,6,11H2,1-2H3,(H,12,13);1H. The molecule has 0 saturated heterocycles. The second-order valence-electron chi connectivity index (χ2n) is 3.23. The van der Waals surface area contributed by atoms with Crippen LogP contribution in [0.5, 0.6) is 0 Å². The van der Waals surface area contributed by atoms with Gasteiger partial charge in [-0.05, 0) is 25.5 Å². The summed E-state index contributed by atoms with van der Waals surface area (Å²) in [7, 11) is 0. The number of nitrogens with two attached hydrogens (primary N) is 1. The van der Waals surface area contributed by atoms with Gasteiger partial charge in [0.1, 0.15) is 0 Å². The quantitative estimate of drug-likeness (QED) is 0.852. The van der Waals surface area contributed by atoms with Crippen LogP contribution >= 0.6 is 23.7 Å². The minimum Gasteiger partial charge on any atom is -0.350 e. The van der Waals surface area contributed by atoms with Crippen LogP contribution in [0.15, 0.2) is 12.1 Å². The average Bonchev–Trinajstić information content (AvgIpc) is 2.61. The predicted molar refractivity (Wildman–Crippen MR) is 66.4 cm³/mol. The fourth-order valence-corrected chi connectivity index (χ4v) is 1.94. The van der Waals surface area contributed by atoms with Crippen molar-refractivity contribution < 1.29 is 4.79 Å². The van der Waals surface area contributed by atoms with Crippen molar-refractivity contribution in [3.05, 3.63) is 21.9 Å². The Kier molecular flexibility index (Phi) is 6.56. The van der Waals surface area contributed by atoms with E-state index in [1.54, 1.807) is 18.3 Å². The number of nitrogens with one attached hydrogen (secondary N) is 1. The summed E-state index contributed by atoms with van der Waals surface area (Å²) in [6.07, 6.45) is 1.05.